The number of furan rings is 1. The van der Waals surface area contributed by atoms with Gasteiger partial charge in [-0.25, -0.2) is 14.2 Å². The number of rotatable bonds is 3. The number of hydrogen-bond acceptors (Lipinski definition) is 6. The van der Waals surface area contributed by atoms with Crippen molar-refractivity contribution in [3.8, 4) is 0 Å². The van der Waals surface area contributed by atoms with Gasteiger partial charge in [0.2, 0.25) is 5.90 Å². The van der Waals surface area contributed by atoms with Crippen LogP contribution >= 0.6 is 0 Å². The Kier molecular flexibility index (Phi) is 3.26. The Hall–Kier alpha value is -3.29. The Morgan fingerprint density at radius 1 is 1.27 bits per heavy atom. The lowest BCUT2D eigenvalue weighted by Gasteiger charge is -1.98. The van der Waals surface area contributed by atoms with Crippen LogP contribution in [0.2, 0.25) is 0 Å². The van der Waals surface area contributed by atoms with E-state index in [9.17, 15) is 19.3 Å². The van der Waals surface area contributed by atoms with E-state index in [0.29, 0.717) is 5.56 Å². The molecule has 1 aliphatic heterocycles. The molecule has 0 N–H and O–H groups in total. The van der Waals surface area contributed by atoms with Crippen LogP contribution in [-0.4, -0.2) is 16.8 Å². The molecule has 1 aromatic carbocycles. The SMILES string of the molecule is O=C1OC(c2cccc(F)c2)=N/C1=C\c1ccc([N+](=O)[O-])o1. The molecule has 2 aromatic rings. The molecular formula is C14H7FN2O5. The number of halogens is 1. The van der Waals surface area contributed by atoms with Gasteiger partial charge in [0.1, 0.15) is 16.5 Å². The zero-order valence-electron chi connectivity index (χ0n) is 10.9. The molecule has 0 unspecified atom stereocenters. The van der Waals surface area contributed by atoms with Gasteiger partial charge in [0.15, 0.2) is 5.70 Å². The topological polar surface area (TPSA) is 94.9 Å². The van der Waals surface area contributed by atoms with E-state index in [1.807, 2.05) is 0 Å². The summed E-state index contributed by atoms with van der Waals surface area (Å²) in [7, 11) is 0. The molecule has 0 fully saturated rings. The van der Waals surface area contributed by atoms with Crippen molar-refractivity contribution in [3.63, 3.8) is 0 Å². The lowest BCUT2D eigenvalue weighted by molar-refractivity contribution is -0.402. The number of carbonyl (C=O) groups excluding carboxylic acids is 1. The highest BCUT2D eigenvalue weighted by Crippen LogP contribution is 2.22. The minimum Gasteiger partial charge on any atom is -0.402 e. The van der Waals surface area contributed by atoms with Crippen LogP contribution in [0.3, 0.4) is 0 Å². The molecule has 1 aliphatic rings. The zero-order valence-corrected chi connectivity index (χ0v) is 10.9. The molecule has 0 aliphatic carbocycles. The predicted octanol–water partition coefficient (Wildman–Crippen LogP) is 2.67. The average Bonchev–Trinajstić information content (AvgIpc) is 3.07. The van der Waals surface area contributed by atoms with E-state index in [-0.39, 0.29) is 17.4 Å². The first-order valence-corrected chi connectivity index (χ1v) is 6.05. The Balaban J connectivity index is 1.92. The van der Waals surface area contributed by atoms with Gasteiger partial charge in [-0.05, 0) is 24.3 Å². The molecule has 22 heavy (non-hydrogen) atoms. The third-order valence-electron chi connectivity index (χ3n) is 2.76. The van der Waals surface area contributed by atoms with E-state index in [0.717, 1.165) is 6.07 Å². The summed E-state index contributed by atoms with van der Waals surface area (Å²) in [6.45, 7) is 0. The molecule has 8 heteroatoms. The Bertz CT molecular complexity index is 837. The van der Waals surface area contributed by atoms with Crippen molar-refractivity contribution in [2.45, 2.75) is 0 Å². The van der Waals surface area contributed by atoms with E-state index in [1.54, 1.807) is 0 Å². The fourth-order valence-electron chi connectivity index (χ4n) is 1.81. The van der Waals surface area contributed by atoms with Crippen molar-refractivity contribution in [2.75, 3.05) is 0 Å². The molecule has 0 saturated carbocycles. The molecule has 7 nitrogen and oxygen atoms in total. The normalized spacial score (nSPS) is 15.8. The van der Waals surface area contributed by atoms with Gasteiger partial charge in [-0.15, -0.1) is 0 Å². The number of cyclic esters (lactones) is 1. The van der Waals surface area contributed by atoms with Gasteiger partial charge >= 0.3 is 11.9 Å². The number of nitrogens with zero attached hydrogens (tertiary/aromatic N) is 2. The highest BCUT2D eigenvalue weighted by molar-refractivity contribution is 6.12. The molecular weight excluding hydrogens is 295 g/mol. The summed E-state index contributed by atoms with van der Waals surface area (Å²) in [4.78, 5) is 25.5. The monoisotopic (exact) mass is 302 g/mol. The van der Waals surface area contributed by atoms with Gasteiger partial charge in [0, 0.05) is 11.6 Å². The second kappa shape index (κ2) is 5.24. The van der Waals surface area contributed by atoms with Gasteiger partial charge in [-0.1, -0.05) is 6.07 Å². The minimum atomic E-state index is -0.752. The maximum absolute atomic E-state index is 13.2. The average molecular weight is 302 g/mol. The van der Waals surface area contributed by atoms with Crippen molar-refractivity contribution in [2.24, 2.45) is 4.99 Å². The number of hydrogen-bond donors (Lipinski definition) is 0. The van der Waals surface area contributed by atoms with Gasteiger partial charge in [0.25, 0.3) is 0 Å². The lowest BCUT2D eigenvalue weighted by atomic mass is 10.2. The molecule has 0 radical (unpaired) electrons. The highest BCUT2D eigenvalue weighted by atomic mass is 19.1. The predicted molar refractivity (Wildman–Crippen MR) is 72.4 cm³/mol. The number of esters is 1. The van der Waals surface area contributed by atoms with Crippen molar-refractivity contribution in [3.05, 3.63) is 69.4 Å². The summed E-state index contributed by atoms with van der Waals surface area (Å²) < 4.78 is 23.0. The molecule has 3 rings (SSSR count). The number of nitro groups is 1. The van der Waals surface area contributed by atoms with Gasteiger partial charge in [-0.3, -0.25) is 10.1 Å². The van der Waals surface area contributed by atoms with E-state index >= 15 is 0 Å². The smallest absolute Gasteiger partial charge is 0.402 e. The van der Waals surface area contributed by atoms with Crippen LogP contribution in [0.15, 0.2) is 51.5 Å². The van der Waals surface area contributed by atoms with Crippen LogP contribution in [0.5, 0.6) is 0 Å². The summed E-state index contributed by atoms with van der Waals surface area (Å²) in [5.74, 6) is -1.65. The van der Waals surface area contributed by atoms with Crippen LogP contribution in [0.25, 0.3) is 6.08 Å². The van der Waals surface area contributed by atoms with Crippen LogP contribution in [0.1, 0.15) is 11.3 Å². The molecule has 1 aromatic heterocycles. The molecule has 0 bridgehead atoms. The fraction of sp³-hybridized carbons (Fsp3) is 0. The highest BCUT2D eigenvalue weighted by Gasteiger charge is 2.25. The number of carbonyl (C=O) groups is 1. The van der Waals surface area contributed by atoms with E-state index < -0.39 is 22.6 Å². The standard InChI is InChI=1S/C14H7FN2O5/c15-9-3-1-2-8(6-9)13-16-11(14(18)22-13)7-10-4-5-12(21-10)17(19)20/h1-7H/b11-7-. The molecule has 0 spiro atoms. The molecule has 0 saturated heterocycles. The second-order valence-electron chi connectivity index (χ2n) is 4.28. The fourth-order valence-corrected chi connectivity index (χ4v) is 1.81. The largest absolute Gasteiger partial charge is 0.433 e. The lowest BCUT2D eigenvalue weighted by Crippen LogP contribution is -2.05. The van der Waals surface area contributed by atoms with E-state index in [1.165, 1.54) is 36.4 Å². The quantitative estimate of drug-likeness (QED) is 0.376. The summed E-state index contributed by atoms with van der Waals surface area (Å²) >= 11 is 0. The summed E-state index contributed by atoms with van der Waals surface area (Å²) in [5.41, 5.74) is 0.214. The first-order chi connectivity index (χ1) is 10.5. The molecule has 2 heterocycles. The number of ether oxygens (including phenoxy) is 1. The van der Waals surface area contributed by atoms with E-state index in [4.69, 9.17) is 9.15 Å². The van der Waals surface area contributed by atoms with Gasteiger partial charge < -0.3 is 9.15 Å². The zero-order chi connectivity index (χ0) is 15.7. The van der Waals surface area contributed by atoms with Crippen LogP contribution in [-0.2, 0) is 9.53 Å². The number of aliphatic imine (C=N–C) groups is 1. The van der Waals surface area contributed by atoms with Gasteiger partial charge in [0.05, 0.1) is 6.07 Å². The number of benzene rings is 1. The molecule has 0 atom stereocenters. The van der Waals surface area contributed by atoms with Crippen LogP contribution < -0.4 is 0 Å². The maximum atomic E-state index is 13.2. The van der Waals surface area contributed by atoms with Crippen molar-refractivity contribution in [1.29, 1.82) is 0 Å². The molecule has 110 valence electrons. The van der Waals surface area contributed by atoms with Crippen molar-refractivity contribution >= 4 is 23.8 Å². The van der Waals surface area contributed by atoms with Crippen LogP contribution in [0, 0.1) is 15.9 Å². The molecule has 0 amide bonds. The summed E-state index contributed by atoms with van der Waals surface area (Å²) in [5, 5.41) is 10.5. The van der Waals surface area contributed by atoms with Crippen molar-refractivity contribution < 1.29 is 23.3 Å². The second-order valence-corrected chi connectivity index (χ2v) is 4.28. The summed E-state index contributed by atoms with van der Waals surface area (Å²) in [6, 6.07) is 7.90. The van der Waals surface area contributed by atoms with Crippen molar-refractivity contribution in [1.82, 2.24) is 0 Å². The third-order valence-corrected chi connectivity index (χ3v) is 2.76. The summed E-state index contributed by atoms with van der Waals surface area (Å²) in [6.07, 6.45) is 1.21. The van der Waals surface area contributed by atoms with Gasteiger partial charge in [-0.2, -0.15) is 0 Å². The Labute approximate surface area is 122 Å². The third kappa shape index (κ3) is 2.62. The maximum Gasteiger partial charge on any atom is 0.433 e. The van der Waals surface area contributed by atoms with Crippen LogP contribution in [0.4, 0.5) is 10.3 Å². The Morgan fingerprint density at radius 2 is 2.09 bits per heavy atom. The van der Waals surface area contributed by atoms with E-state index in [2.05, 4.69) is 4.99 Å². The Morgan fingerprint density at radius 3 is 2.77 bits per heavy atom. The minimum absolute atomic E-state index is 0.0446. The first kappa shape index (κ1) is 13.7. The first-order valence-electron chi connectivity index (χ1n) is 6.05.